The third-order valence-corrected chi connectivity index (χ3v) is 6.50. The Balaban J connectivity index is 0.00000392. The number of hydrogen-bond donors (Lipinski definition) is 2. The highest BCUT2D eigenvalue weighted by Crippen LogP contribution is 2.25. The van der Waals surface area contributed by atoms with Gasteiger partial charge in [0.25, 0.3) is 0 Å². The van der Waals surface area contributed by atoms with Gasteiger partial charge in [0, 0.05) is 26.2 Å². The Kier molecular flexibility index (Phi) is 10.2. The van der Waals surface area contributed by atoms with Gasteiger partial charge < -0.3 is 15.8 Å². The Morgan fingerprint density at radius 1 is 1.32 bits per heavy atom. The van der Waals surface area contributed by atoms with Gasteiger partial charge in [0.2, 0.25) is 15.9 Å². The molecule has 1 aliphatic heterocycles. The number of sulfonamides is 1. The molecule has 1 aromatic rings. The molecule has 0 spiro atoms. The lowest BCUT2D eigenvalue weighted by Gasteiger charge is -2.31. The Hall–Kier alpha value is -1.35. The summed E-state index contributed by atoms with van der Waals surface area (Å²) in [5, 5.41) is 2.75. The Morgan fingerprint density at radius 3 is 2.61 bits per heavy atom. The molecule has 160 valence electrons. The van der Waals surface area contributed by atoms with Crippen LogP contribution < -0.4 is 15.8 Å². The van der Waals surface area contributed by atoms with Gasteiger partial charge in [-0.05, 0) is 49.4 Å². The second kappa shape index (κ2) is 11.6. The molecule has 1 unspecified atom stereocenters. The van der Waals surface area contributed by atoms with Crippen molar-refractivity contribution < 1.29 is 17.9 Å². The molecule has 7 nitrogen and oxygen atoms in total. The van der Waals surface area contributed by atoms with E-state index >= 15 is 0 Å². The molecule has 1 amide bonds. The molecule has 0 saturated carbocycles. The molecule has 1 atom stereocenters. The summed E-state index contributed by atoms with van der Waals surface area (Å²) in [6.07, 6.45) is 2.29. The summed E-state index contributed by atoms with van der Waals surface area (Å²) in [7, 11) is -3.63. The molecule has 1 aliphatic rings. The van der Waals surface area contributed by atoms with E-state index in [1.807, 2.05) is 0 Å². The lowest BCUT2D eigenvalue weighted by molar-refractivity contribution is -0.126. The van der Waals surface area contributed by atoms with Crippen molar-refractivity contribution in [2.24, 2.45) is 17.6 Å². The van der Waals surface area contributed by atoms with Gasteiger partial charge in [-0.3, -0.25) is 4.79 Å². The molecule has 0 aliphatic carbocycles. The highest BCUT2D eigenvalue weighted by atomic mass is 35.5. The molecule has 0 radical (unpaired) electrons. The second-order valence-electron chi connectivity index (χ2n) is 7.28. The predicted molar refractivity (Wildman–Crippen MR) is 112 cm³/mol. The van der Waals surface area contributed by atoms with Crippen LogP contribution in [0.5, 0.6) is 5.75 Å². The maximum atomic E-state index is 12.9. The molecule has 9 heteroatoms. The fraction of sp³-hybridized carbons (Fsp3) is 0.632. The normalized spacial score (nSPS) is 17.8. The van der Waals surface area contributed by atoms with Crippen LogP contribution in [0.1, 0.15) is 33.1 Å². The molecule has 2 rings (SSSR count). The molecular weight excluding hydrogens is 402 g/mol. The van der Waals surface area contributed by atoms with Crippen LogP contribution in [-0.4, -0.2) is 51.4 Å². The summed E-state index contributed by atoms with van der Waals surface area (Å²) >= 11 is 0. The number of nitrogens with two attached hydrogens (primary N) is 1. The molecule has 28 heavy (non-hydrogen) atoms. The van der Waals surface area contributed by atoms with Crippen molar-refractivity contribution in [1.29, 1.82) is 0 Å². The summed E-state index contributed by atoms with van der Waals surface area (Å²) < 4.78 is 32.9. The lowest BCUT2D eigenvalue weighted by Crippen LogP contribution is -2.46. The van der Waals surface area contributed by atoms with Crippen LogP contribution in [-0.2, 0) is 14.8 Å². The predicted octanol–water partition coefficient (Wildman–Crippen LogP) is 2.01. The first kappa shape index (κ1) is 24.7. The number of amides is 1. The van der Waals surface area contributed by atoms with Gasteiger partial charge in [0.1, 0.15) is 5.75 Å². The zero-order valence-electron chi connectivity index (χ0n) is 16.6. The number of halogens is 1. The highest BCUT2D eigenvalue weighted by Gasteiger charge is 2.33. The third-order valence-electron chi connectivity index (χ3n) is 4.62. The summed E-state index contributed by atoms with van der Waals surface area (Å²) in [5.74, 6) is 0.749. The average molecular weight is 434 g/mol. The van der Waals surface area contributed by atoms with Crippen LogP contribution in [0.15, 0.2) is 29.2 Å². The van der Waals surface area contributed by atoms with E-state index in [9.17, 15) is 13.2 Å². The first-order valence-electron chi connectivity index (χ1n) is 9.55. The average Bonchev–Trinajstić information content (AvgIpc) is 2.66. The van der Waals surface area contributed by atoms with E-state index in [1.54, 1.807) is 24.3 Å². The van der Waals surface area contributed by atoms with Gasteiger partial charge in [0.05, 0.1) is 17.4 Å². The van der Waals surface area contributed by atoms with Gasteiger partial charge in [-0.2, -0.15) is 4.31 Å². The zero-order valence-corrected chi connectivity index (χ0v) is 18.2. The quantitative estimate of drug-likeness (QED) is 0.620. The summed E-state index contributed by atoms with van der Waals surface area (Å²) in [5.41, 5.74) is 5.40. The topological polar surface area (TPSA) is 102 Å². The van der Waals surface area contributed by atoms with Crippen LogP contribution in [0.3, 0.4) is 0 Å². The molecule has 1 aromatic carbocycles. The standard InChI is InChI=1S/C19H31N3O4S.ClH/c1-15(2)9-13-26-17-5-7-18(8-6-17)27(24,25)22-12-3-4-16(14-22)19(23)21-11-10-20;/h5-8,15-16H,3-4,9-14,20H2,1-2H3,(H,21,23);1H. The van der Waals surface area contributed by atoms with E-state index in [0.717, 1.165) is 6.42 Å². The van der Waals surface area contributed by atoms with Crippen molar-refractivity contribution in [3.63, 3.8) is 0 Å². The second-order valence-corrected chi connectivity index (χ2v) is 9.22. The van der Waals surface area contributed by atoms with E-state index in [-0.39, 0.29) is 35.7 Å². The van der Waals surface area contributed by atoms with Gasteiger partial charge in [-0.1, -0.05) is 13.8 Å². The van der Waals surface area contributed by atoms with Gasteiger partial charge in [0.15, 0.2) is 0 Å². The number of nitrogens with zero attached hydrogens (tertiary/aromatic N) is 1. The fourth-order valence-corrected chi connectivity index (χ4v) is 4.51. The Labute approximate surface area is 174 Å². The first-order valence-corrected chi connectivity index (χ1v) is 11.0. The minimum atomic E-state index is -3.63. The molecule has 3 N–H and O–H groups in total. The van der Waals surface area contributed by atoms with Crippen LogP contribution in [0.4, 0.5) is 0 Å². The maximum Gasteiger partial charge on any atom is 0.243 e. The summed E-state index contributed by atoms with van der Waals surface area (Å²) in [6.45, 7) is 6.26. The molecule has 1 saturated heterocycles. The summed E-state index contributed by atoms with van der Waals surface area (Å²) in [4.78, 5) is 12.4. The number of hydrogen-bond acceptors (Lipinski definition) is 5. The van der Waals surface area contributed by atoms with Crippen molar-refractivity contribution >= 4 is 28.3 Å². The summed E-state index contributed by atoms with van der Waals surface area (Å²) in [6, 6.07) is 6.50. The minimum absolute atomic E-state index is 0. The van der Waals surface area contributed by atoms with E-state index in [4.69, 9.17) is 10.5 Å². The van der Waals surface area contributed by atoms with Crippen molar-refractivity contribution in [3.05, 3.63) is 24.3 Å². The number of nitrogens with one attached hydrogen (secondary N) is 1. The number of piperidine rings is 1. The van der Waals surface area contributed by atoms with Crippen LogP contribution in [0, 0.1) is 11.8 Å². The number of rotatable bonds is 9. The van der Waals surface area contributed by atoms with E-state index < -0.39 is 10.0 Å². The maximum absolute atomic E-state index is 12.9. The SMILES string of the molecule is CC(C)CCOc1ccc(S(=O)(=O)N2CCCC(C(=O)NCCN)C2)cc1.Cl. The first-order chi connectivity index (χ1) is 12.8. The van der Waals surface area contributed by atoms with Gasteiger partial charge in [-0.15, -0.1) is 12.4 Å². The molecule has 0 bridgehead atoms. The Bertz CT molecular complexity index is 710. The van der Waals surface area contributed by atoms with Crippen molar-refractivity contribution in [3.8, 4) is 5.75 Å². The molecule has 0 aromatic heterocycles. The fourth-order valence-electron chi connectivity index (χ4n) is 2.98. The van der Waals surface area contributed by atoms with Crippen LogP contribution >= 0.6 is 12.4 Å². The Morgan fingerprint density at radius 2 is 2.00 bits per heavy atom. The van der Waals surface area contributed by atoms with E-state index in [0.29, 0.717) is 50.8 Å². The van der Waals surface area contributed by atoms with E-state index in [1.165, 1.54) is 4.31 Å². The number of carbonyl (C=O) groups is 1. The third kappa shape index (κ3) is 6.92. The highest BCUT2D eigenvalue weighted by molar-refractivity contribution is 7.89. The number of benzene rings is 1. The monoisotopic (exact) mass is 433 g/mol. The van der Waals surface area contributed by atoms with Crippen molar-refractivity contribution in [2.75, 3.05) is 32.8 Å². The lowest BCUT2D eigenvalue weighted by atomic mass is 9.99. The molecular formula is C19H32ClN3O4S. The zero-order chi connectivity index (χ0) is 19.9. The van der Waals surface area contributed by atoms with Crippen molar-refractivity contribution in [2.45, 2.75) is 38.0 Å². The molecule has 1 fully saturated rings. The molecule has 1 heterocycles. The van der Waals surface area contributed by atoms with Gasteiger partial charge in [-0.25, -0.2) is 8.42 Å². The smallest absolute Gasteiger partial charge is 0.243 e. The van der Waals surface area contributed by atoms with Gasteiger partial charge >= 0.3 is 0 Å². The number of ether oxygens (including phenoxy) is 1. The number of carbonyl (C=O) groups excluding carboxylic acids is 1. The van der Waals surface area contributed by atoms with E-state index in [2.05, 4.69) is 19.2 Å². The van der Waals surface area contributed by atoms with Crippen LogP contribution in [0.2, 0.25) is 0 Å². The minimum Gasteiger partial charge on any atom is -0.494 e. The van der Waals surface area contributed by atoms with Crippen LogP contribution in [0.25, 0.3) is 0 Å². The van der Waals surface area contributed by atoms with Crippen molar-refractivity contribution in [1.82, 2.24) is 9.62 Å². The largest absolute Gasteiger partial charge is 0.494 e.